The van der Waals surface area contributed by atoms with Gasteiger partial charge in [-0.1, -0.05) is 26.2 Å². The zero-order valence-corrected chi connectivity index (χ0v) is 10.9. The van der Waals surface area contributed by atoms with Crippen molar-refractivity contribution >= 4 is 5.69 Å². The highest BCUT2D eigenvalue weighted by atomic mass is 16.1. The van der Waals surface area contributed by atoms with Crippen LogP contribution in [-0.2, 0) is 13.6 Å². The Bertz CT molecular complexity index is 438. The molecule has 1 saturated carbocycles. The monoisotopic (exact) mass is 237 g/mol. The van der Waals surface area contributed by atoms with Crippen LogP contribution in [-0.4, -0.2) is 9.36 Å². The quantitative estimate of drug-likeness (QED) is 0.873. The first kappa shape index (κ1) is 12.3. The van der Waals surface area contributed by atoms with E-state index >= 15 is 0 Å². The van der Waals surface area contributed by atoms with E-state index in [0.717, 1.165) is 25.1 Å². The molecule has 4 nitrogen and oxygen atoms in total. The van der Waals surface area contributed by atoms with Gasteiger partial charge in [0.25, 0.3) is 5.56 Å². The molecule has 2 rings (SSSR count). The Morgan fingerprint density at radius 3 is 2.59 bits per heavy atom. The predicted octanol–water partition coefficient (Wildman–Crippen LogP) is 2.23. The minimum absolute atomic E-state index is 0.00264. The molecule has 0 atom stereocenters. The highest BCUT2D eigenvalue weighted by molar-refractivity contribution is 5.44. The first-order valence-corrected chi connectivity index (χ1v) is 6.72. The largest absolute Gasteiger partial charge is 0.393 e. The fraction of sp³-hybridized carbons (Fsp3) is 0.769. The van der Waals surface area contributed by atoms with Crippen molar-refractivity contribution in [1.29, 1.82) is 0 Å². The molecule has 0 radical (unpaired) electrons. The predicted molar refractivity (Wildman–Crippen MR) is 70.2 cm³/mol. The van der Waals surface area contributed by atoms with Gasteiger partial charge in [0, 0.05) is 19.5 Å². The number of hydrogen-bond donors (Lipinski definition) is 1. The summed E-state index contributed by atoms with van der Waals surface area (Å²) in [5.74, 6) is 0.496. The lowest BCUT2D eigenvalue weighted by Crippen LogP contribution is -2.22. The molecule has 96 valence electrons. The maximum Gasteiger partial charge on any atom is 0.290 e. The minimum atomic E-state index is 0.00264. The first-order chi connectivity index (χ1) is 8.16. The van der Waals surface area contributed by atoms with Crippen LogP contribution in [0.2, 0.25) is 0 Å². The summed E-state index contributed by atoms with van der Waals surface area (Å²) in [5.41, 5.74) is 7.56. The van der Waals surface area contributed by atoms with Crippen LogP contribution in [0.25, 0.3) is 0 Å². The first-order valence-electron chi connectivity index (χ1n) is 6.72. The highest BCUT2D eigenvalue weighted by Gasteiger charge is 2.25. The summed E-state index contributed by atoms with van der Waals surface area (Å²) < 4.78 is 3.80. The molecule has 1 aromatic heterocycles. The van der Waals surface area contributed by atoms with E-state index in [1.807, 2.05) is 11.7 Å². The molecule has 17 heavy (non-hydrogen) atoms. The second-order valence-corrected chi connectivity index (χ2v) is 5.09. The molecule has 0 saturated heterocycles. The van der Waals surface area contributed by atoms with E-state index in [9.17, 15) is 4.79 Å². The molecule has 1 heterocycles. The van der Waals surface area contributed by atoms with Crippen molar-refractivity contribution < 1.29 is 0 Å². The average molecular weight is 237 g/mol. The van der Waals surface area contributed by atoms with Gasteiger partial charge in [0.05, 0.1) is 5.69 Å². The van der Waals surface area contributed by atoms with Gasteiger partial charge in [0.2, 0.25) is 0 Å². The number of nitrogen functional groups attached to an aromatic ring is 1. The fourth-order valence-electron chi connectivity index (χ4n) is 2.93. The van der Waals surface area contributed by atoms with E-state index < -0.39 is 0 Å². The standard InChI is InChI=1S/C13H23N3O/c1-3-4-9-16-13(17)11(14)12(15(16)2)10-7-5-6-8-10/h10H,3-9,14H2,1-2H3. The normalized spacial score (nSPS) is 16.8. The Morgan fingerprint density at radius 1 is 1.35 bits per heavy atom. The van der Waals surface area contributed by atoms with Crippen LogP contribution in [0.5, 0.6) is 0 Å². The van der Waals surface area contributed by atoms with Gasteiger partial charge in [-0.15, -0.1) is 0 Å². The molecule has 1 aliphatic rings. The number of hydrogen-bond acceptors (Lipinski definition) is 2. The molecule has 0 spiro atoms. The second kappa shape index (κ2) is 4.98. The maximum absolute atomic E-state index is 12.1. The number of unbranched alkanes of at least 4 members (excludes halogenated alkanes) is 1. The fourth-order valence-corrected chi connectivity index (χ4v) is 2.93. The Morgan fingerprint density at radius 2 is 2.00 bits per heavy atom. The van der Waals surface area contributed by atoms with E-state index in [2.05, 4.69) is 6.92 Å². The van der Waals surface area contributed by atoms with Gasteiger partial charge >= 0.3 is 0 Å². The third-order valence-electron chi connectivity index (χ3n) is 3.92. The average Bonchev–Trinajstić information content (AvgIpc) is 2.88. The lowest BCUT2D eigenvalue weighted by Gasteiger charge is -2.13. The SMILES string of the molecule is CCCCn1c(=O)c(N)c(C2CCCC2)n1C. The molecule has 0 unspecified atom stereocenters. The van der Waals surface area contributed by atoms with Crippen molar-refractivity contribution in [2.75, 3.05) is 5.73 Å². The van der Waals surface area contributed by atoms with Crippen molar-refractivity contribution in [3.05, 3.63) is 16.0 Å². The Balaban J connectivity index is 2.35. The van der Waals surface area contributed by atoms with Crippen LogP contribution in [0.4, 0.5) is 5.69 Å². The Hall–Kier alpha value is -1.19. The molecule has 0 aliphatic heterocycles. The molecular weight excluding hydrogens is 214 g/mol. The van der Waals surface area contributed by atoms with Crippen molar-refractivity contribution in [3.8, 4) is 0 Å². The summed E-state index contributed by atoms with van der Waals surface area (Å²) in [6, 6.07) is 0. The second-order valence-electron chi connectivity index (χ2n) is 5.09. The zero-order chi connectivity index (χ0) is 12.4. The van der Waals surface area contributed by atoms with E-state index in [1.54, 1.807) is 4.68 Å². The lowest BCUT2D eigenvalue weighted by molar-refractivity contribution is 0.452. The van der Waals surface area contributed by atoms with Gasteiger partial charge in [-0.25, -0.2) is 4.68 Å². The summed E-state index contributed by atoms with van der Waals surface area (Å²) in [6.07, 6.45) is 7.00. The number of nitrogens with two attached hydrogens (primary N) is 1. The van der Waals surface area contributed by atoms with Crippen LogP contribution >= 0.6 is 0 Å². The topological polar surface area (TPSA) is 52.9 Å². The minimum Gasteiger partial charge on any atom is -0.393 e. The van der Waals surface area contributed by atoms with E-state index in [0.29, 0.717) is 11.6 Å². The number of anilines is 1. The van der Waals surface area contributed by atoms with Crippen molar-refractivity contribution in [3.63, 3.8) is 0 Å². The third-order valence-corrected chi connectivity index (χ3v) is 3.92. The molecule has 0 bridgehead atoms. The van der Waals surface area contributed by atoms with Gasteiger partial charge < -0.3 is 5.73 Å². The Labute approximate surface area is 102 Å². The molecule has 1 fully saturated rings. The molecule has 1 aromatic rings. The smallest absolute Gasteiger partial charge is 0.290 e. The third kappa shape index (κ3) is 2.13. The summed E-state index contributed by atoms with van der Waals surface area (Å²) in [4.78, 5) is 12.1. The summed E-state index contributed by atoms with van der Waals surface area (Å²) in [6.45, 7) is 2.91. The van der Waals surface area contributed by atoms with E-state index in [1.165, 1.54) is 25.7 Å². The van der Waals surface area contributed by atoms with Crippen molar-refractivity contribution in [1.82, 2.24) is 9.36 Å². The lowest BCUT2D eigenvalue weighted by atomic mass is 10.0. The molecule has 4 heteroatoms. The van der Waals surface area contributed by atoms with Crippen LogP contribution in [0.3, 0.4) is 0 Å². The van der Waals surface area contributed by atoms with Crippen molar-refractivity contribution in [2.45, 2.75) is 57.9 Å². The summed E-state index contributed by atoms with van der Waals surface area (Å²) in [5, 5.41) is 0. The zero-order valence-electron chi connectivity index (χ0n) is 10.9. The van der Waals surface area contributed by atoms with E-state index in [-0.39, 0.29) is 5.56 Å². The number of nitrogens with zero attached hydrogens (tertiary/aromatic N) is 2. The van der Waals surface area contributed by atoms with Gasteiger partial charge in [0.15, 0.2) is 0 Å². The van der Waals surface area contributed by atoms with Gasteiger partial charge in [-0.05, 0) is 19.3 Å². The molecule has 1 aliphatic carbocycles. The van der Waals surface area contributed by atoms with Gasteiger partial charge in [-0.3, -0.25) is 9.48 Å². The van der Waals surface area contributed by atoms with Crippen molar-refractivity contribution in [2.24, 2.45) is 7.05 Å². The maximum atomic E-state index is 12.1. The number of rotatable bonds is 4. The van der Waals surface area contributed by atoms with Gasteiger partial charge in [-0.2, -0.15) is 0 Å². The Kier molecular flexibility index (Phi) is 3.60. The van der Waals surface area contributed by atoms with Crippen LogP contribution in [0, 0.1) is 0 Å². The molecule has 0 amide bonds. The van der Waals surface area contributed by atoms with Crippen LogP contribution in [0.1, 0.15) is 57.1 Å². The summed E-state index contributed by atoms with van der Waals surface area (Å²) >= 11 is 0. The van der Waals surface area contributed by atoms with Gasteiger partial charge in [0.1, 0.15) is 5.69 Å². The molecule has 0 aromatic carbocycles. The summed E-state index contributed by atoms with van der Waals surface area (Å²) in [7, 11) is 1.97. The molecular formula is C13H23N3O. The van der Waals surface area contributed by atoms with Crippen LogP contribution < -0.4 is 11.3 Å². The van der Waals surface area contributed by atoms with Crippen LogP contribution in [0.15, 0.2) is 4.79 Å². The van der Waals surface area contributed by atoms with E-state index in [4.69, 9.17) is 5.73 Å². The highest BCUT2D eigenvalue weighted by Crippen LogP contribution is 2.35. The number of aromatic nitrogens is 2. The molecule has 2 N–H and O–H groups in total.